The fourth-order valence-electron chi connectivity index (χ4n) is 1.73. The van der Waals surface area contributed by atoms with E-state index < -0.39 is 5.97 Å². The molecule has 2 aromatic rings. The van der Waals surface area contributed by atoms with Gasteiger partial charge in [0.1, 0.15) is 0 Å². The number of imidazole rings is 1. The van der Waals surface area contributed by atoms with Crippen molar-refractivity contribution in [3.63, 3.8) is 0 Å². The number of rotatable bonds is 3. The molecule has 0 spiro atoms. The second-order valence-corrected chi connectivity index (χ2v) is 3.90. The Balaban J connectivity index is 2.34. The number of H-pyrrole nitrogens is 1. The summed E-state index contributed by atoms with van der Waals surface area (Å²) in [4.78, 5) is 17.6. The van der Waals surface area contributed by atoms with E-state index in [-0.39, 0.29) is 12.3 Å². The first-order valence-electron chi connectivity index (χ1n) is 5.03. The first-order chi connectivity index (χ1) is 7.56. The molecule has 0 saturated carbocycles. The lowest BCUT2D eigenvalue weighted by Crippen LogP contribution is -2.02. The average Bonchev–Trinajstić information content (AvgIpc) is 2.55. The molecule has 1 atom stereocenters. The van der Waals surface area contributed by atoms with Crippen LogP contribution in [0, 0.1) is 0 Å². The van der Waals surface area contributed by atoms with Gasteiger partial charge in [-0.3, -0.25) is 4.79 Å². The molecule has 5 heteroatoms. The summed E-state index contributed by atoms with van der Waals surface area (Å²) in [6.45, 7) is 1.88. The molecule has 16 heavy (non-hydrogen) atoms. The van der Waals surface area contributed by atoms with Gasteiger partial charge in [0.15, 0.2) is 5.95 Å². The van der Waals surface area contributed by atoms with E-state index in [4.69, 9.17) is 10.8 Å². The SMILES string of the molecule is CC(CC(=O)O)c1ccc2nc(N)[nH]c2c1. The van der Waals surface area contributed by atoms with Gasteiger partial charge in [-0.2, -0.15) is 0 Å². The number of aromatic nitrogens is 2. The van der Waals surface area contributed by atoms with Crippen molar-refractivity contribution in [3.05, 3.63) is 23.8 Å². The number of carbonyl (C=O) groups is 1. The van der Waals surface area contributed by atoms with Crippen molar-refractivity contribution in [1.29, 1.82) is 0 Å². The number of fused-ring (bicyclic) bond motifs is 1. The highest BCUT2D eigenvalue weighted by atomic mass is 16.4. The number of nitrogens with zero attached hydrogens (tertiary/aromatic N) is 1. The fourth-order valence-corrected chi connectivity index (χ4v) is 1.73. The Kier molecular flexibility index (Phi) is 2.52. The van der Waals surface area contributed by atoms with Crippen LogP contribution in [-0.4, -0.2) is 21.0 Å². The second-order valence-electron chi connectivity index (χ2n) is 3.90. The zero-order valence-corrected chi connectivity index (χ0v) is 8.90. The quantitative estimate of drug-likeness (QED) is 0.732. The van der Waals surface area contributed by atoms with Crippen LogP contribution in [0.5, 0.6) is 0 Å². The molecule has 0 aliphatic rings. The van der Waals surface area contributed by atoms with E-state index in [1.807, 2.05) is 25.1 Å². The molecule has 1 aromatic heterocycles. The van der Waals surface area contributed by atoms with Crippen molar-refractivity contribution < 1.29 is 9.90 Å². The van der Waals surface area contributed by atoms with Crippen molar-refractivity contribution in [2.45, 2.75) is 19.3 Å². The third kappa shape index (κ3) is 1.98. The first-order valence-corrected chi connectivity index (χ1v) is 5.03. The van der Waals surface area contributed by atoms with E-state index in [1.165, 1.54) is 0 Å². The Hall–Kier alpha value is -2.04. The topological polar surface area (TPSA) is 92.0 Å². The van der Waals surface area contributed by atoms with Gasteiger partial charge in [-0.1, -0.05) is 13.0 Å². The average molecular weight is 219 g/mol. The van der Waals surface area contributed by atoms with E-state index in [2.05, 4.69) is 9.97 Å². The van der Waals surface area contributed by atoms with Crippen LogP contribution in [0.25, 0.3) is 11.0 Å². The van der Waals surface area contributed by atoms with Crippen LogP contribution < -0.4 is 5.73 Å². The van der Waals surface area contributed by atoms with Gasteiger partial charge in [-0.05, 0) is 23.6 Å². The van der Waals surface area contributed by atoms with Crippen molar-refractivity contribution in [2.75, 3.05) is 5.73 Å². The standard InChI is InChI=1S/C11H13N3O2/c1-6(4-10(15)16)7-2-3-8-9(5-7)14-11(12)13-8/h2-3,5-6H,4H2,1H3,(H,15,16)(H3,12,13,14). The minimum atomic E-state index is -0.795. The number of nitrogen functional groups attached to an aromatic ring is 1. The number of nitrogens with one attached hydrogen (secondary N) is 1. The Morgan fingerprint density at radius 3 is 3.06 bits per heavy atom. The number of aliphatic carboxylic acids is 1. The predicted molar refractivity (Wildman–Crippen MR) is 61.2 cm³/mol. The lowest BCUT2D eigenvalue weighted by molar-refractivity contribution is -0.137. The van der Waals surface area contributed by atoms with E-state index >= 15 is 0 Å². The Labute approximate surface area is 92.3 Å². The molecule has 84 valence electrons. The molecule has 4 N–H and O–H groups in total. The van der Waals surface area contributed by atoms with Gasteiger partial charge in [-0.15, -0.1) is 0 Å². The summed E-state index contributed by atoms with van der Waals surface area (Å²) in [5.41, 5.74) is 8.14. The third-order valence-electron chi connectivity index (χ3n) is 2.57. The van der Waals surface area contributed by atoms with Gasteiger partial charge in [0.25, 0.3) is 0 Å². The number of aromatic amines is 1. The van der Waals surface area contributed by atoms with Gasteiger partial charge in [0, 0.05) is 0 Å². The van der Waals surface area contributed by atoms with Crippen LogP contribution in [0.15, 0.2) is 18.2 Å². The molecular weight excluding hydrogens is 206 g/mol. The van der Waals surface area contributed by atoms with E-state index in [1.54, 1.807) is 0 Å². The maximum Gasteiger partial charge on any atom is 0.303 e. The van der Waals surface area contributed by atoms with Crippen LogP contribution in [0.1, 0.15) is 24.8 Å². The summed E-state index contributed by atoms with van der Waals surface area (Å²) < 4.78 is 0. The maximum absolute atomic E-state index is 10.6. The molecule has 1 heterocycles. The van der Waals surface area contributed by atoms with Crippen LogP contribution in [0.4, 0.5) is 5.95 Å². The monoisotopic (exact) mass is 219 g/mol. The zero-order valence-electron chi connectivity index (χ0n) is 8.90. The Morgan fingerprint density at radius 2 is 2.38 bits per heavy atom. The molecule has 0 aliphatic heterocycles. The minimum absolute atomic E-state index is 0.0218. The number of benzene rings is 1. The number of nitrogens with two attached hydrogens (primary N) is 1. The largest absolute Gasteiger partial charge is 0.481 e. The highest BCUT2D eigenvalue weighted by molar-refractivity contribution is 5.78. The summed E-state index contributed by atoms with van der Waals surface area (Å²) in [7, 11) is 0. The zero-order chi connectivity index (χ0) is 11.7. The lowest BCUT2D eigenvalue weighted by atomic mass is 9.97. The maximum atomic E-state index is 10.6. The van der Waals surface area contributed by atoms with Crippen LogP contribution >= 0.6 is 0 Å². The normalized spacial score (nSPS) is 12.8. The van der Waals surface area contributed by atoms with Gasteiger partial charge in [-0.25, -0.2) is 4.98 Å². The number of carboxylic acids is 1. The van der Waals surface area contributed by atoms with Crippen LogP contribution in [0.2, 0.25) is 0 Å². The molecule has 0 bridgehead atoms. The highest BCUT2D eigenvalue weighted by Crippen LogP contribution is 2.23. The summed E-state index contributed by atoms with van der Waals surface area (Å²) in [5, 5.41) is 8.72. The summed E-state index contributed by atoms with van der Waals surface area (Å²) >= 11 is 0. The van der Waals surface area contributed by atoms with E-state index in [0.717, 1.165) is 16.6 Å². The predicted octanol–water partition coefficient (Wildman–Crippen LogP) is 1.72. The van der Waals surface area contributed by atoms with Crippen molar-refractivity contribution in [3.8, 4) is 0 Å². The number of anilines is 1. The fraction of sp³-hybridized carbons (Fsp3) is 0.273. The number of hydrogen-bond acceptors (Lipinski definition) is 3. The third-order valence-corrected chi connectivity index (χ3v) is 2.57. The molecule has 0 amide bonds. The molecule has 5 nitrogen and oxygen atoms in total. The van der Waals surface area contributed by atoms with E-state index in [0.29, 0.717) is 5.95 Å². The number of hydrogen-bond donors (Lipinski definition) is 3. The van der Waals surface area contributed by atoms with Gasteiger partial charge >= 0.3 is 5.97 Å². The lowest BCUT2D eigenvalue weighted by Gasteiger charge is -2.08. The number of carboxylic acid groups (broad SMARTS) is 1. The van der Waals surface area contributed by atoms with Crippen molar-refractivity contribution in [2.24, 2.45) is 0 Å². The summed E-state index contributed by atoms with van der Waals surface area (Å²) in [6.07, 6.45) is 0.120. The first kappa shape index (κ1) is 10.5. The summed E-state index contributed by atoms with van der Waals surface area (Å²) in [6, 6.07) is 5.62. The molecule has 2 rings (SSSR count). The molecule has 0 radical (unpaired) electrons. The highest BCUT2D eigenvalue weighted by Gasteiger charge is 2.11. The molecule has 0 saturated heterocycles. The van der Waals surface area contributed by atoms with E-state index in [9.17, 15) is 4.79 Å². The molecule has 0 fully saturated rings. The van der Waals surface area contributed by atoms with Gasteiger partial charge in [0.2, 0.25) is 0 Å². The van der Waals surface area contributed by atoms with Gasteiger partial charge < -0.3 is 15.8 Å². The van der Waals surface area contributed by atoms with Crippen LogP contribution in [0.3, 0.4) is 0 Å². The second kappa shape index (κ2) is 3.84. The van der Waals surface area contributed by atoms with Crippen LogP contribution in [-0.2, 0) is 4.79 Å². The van der Waals surface area contributed by atoms with Crippen molar-refractivity contribution >= 4 is 23.0 Å². The minimum Gasteiger partial charge on any atom is -0.481 e. The summed E-state index contributed by atoms with van der Waals surface area (Å²) in [5.74, 6) is -0.443. The molecule has 1 unspecified atom stereocenters. The van der Waals surface area contributed by atoms with Gasteiger partial charge in [0.05, 0.1) is 17.5 Å². The molecule has 1 aromatic carbocycles. The molecule has 0 aliphatic carbocycles. The Bertz CT molecular complexity index is 533. The molecular formula is C11H13N3O2. The van der Waals surface area contributed by atoms with Crippen molar-refractivity contribution in [1.82, 2.24) is 9.97 Å². The Morgan fingerprint density at radius 1 is 1.62 bits per heavy atom. The smallest absolute Gasteiger partial charge is 0.303 e.